The van der Waals surface area contributed by atoms with Crippen LogP contribution in [0.2, 0.25) is 0 Å². The van der Waals surface area contributed by atoms with Crippen molar-refractivity contribution in [2.75, 3.05) is 6.54 Å². The fourth-order valence-electron chi connectivity index (χ4n) is 2.08. The molecule has 6 heteroatoms. The maximum Gasteiger partial charge on any atom is 0.244 e. The van der Waals surface area contributed by atoms with Crippen molar-refractivity contribution in [3.8, 4) is 11.1 Å². The van der Waals surface area contributed by atoms with Gasteiger partial charge in [-0.25, -0.2) is 0 Å². The summed E-state index contributed by atoms with van der Waals surface area (Å²) in [7, 11) is 0. The normalized spacial score (nSPS) is 11.0. The highest BCUT2D eigenvalue weighted by molar-refractivity contribution is 7.10. The minimum absolute atomic E-state index is 0.0973. The van der Waals surface area contributed by atoms with Gasteiger partial charge < -0.3 is 5.32 Å². The lowest BCUT2D eigenvalue weighted by Gasteiger charge is -2.02. The van der Waals surface area contributed by atoms with Crippen molar-refractivity contribution in [3.63, 3.8) is 0 Å². The lowest BCUT2D eigenvalue weighted by Crippen LogP contribution is -2.25. The van der Waals surface area contributed by atoms with Gasteiger partial charge in [-0.1, -0.05) is 6.07 Å². The van der Waals surface area contributed by atoms with Gasteiger partial charge in [0.05, 0.1) is 12.7 Å². The SMILES string of the molecule is O=C(C=Cc1cccs1)NCCn1cc(-c2ccncc2)cn1. The van der Waals surface area contributed by atoms with E-state index in [1.165, 1.54) is 0 Å². The molecule has 0 aliphatic carbocycles. The Kier molecular flexibility index (Phi) is 4.95. The van der Waals surface area contributed by atoms with Crippen molar-refractivity contribution in [2.24, 2.45) is 0 Å². The van der Waals surface area contributed by atoms with Gasteiger partial charge in [-0.3, -0.25) is 14.5 Å². The molecule has 3 heterocycles. The van der Waals surface area contributed by atoms with Crippen LogP contribution >= 0.6 is 11.3 Å². The average Bonchev–Trinajstić information content (AvgIpc) is 3.26. The van der Waals surface area contributed by atoms with Gasteiger partial charge in [-0.05, 0) is 35.2 Å². The van der Waals surface area contributed by atoms with Crippen molar-refractivity contribution >= 4 is 23.3 Å². The van der Waals surface area contributed by atoms with Crippen LogP contribution in [-0.2, 0) is 11.3 Å². The number of rotatable bonds is 6. The van der Waals surface area contributed by atoms with E-state index in [2.05, 4.69) is 15.4 Å². The molecule has 3 aromatic rings. The summed E-state index contributed by atoms with van der Waals surface area (Å²) in [5.41, 5.74) is 2.12. The number of pyridine rings is 1. The number of nitrogens with zero attached hydrogens (tertiary/aromatic N) is 3. The highest BCUT2D eigenvalue weighted by atomic mass is 32.1. The molecule has 0 aromatic carbocycles. The minimum Gasteiger partial charge on any atom is -0.351 e. The number of thiophene rings is 1. The van der Waals surface area contributed by atoms with Gasteiger partial charge in [0.25, 0.3) is 0 Å². The van der Waals surface area contributed by atoms with E-state index >= 15 is 0 Å². The van der Waals surface area contributed by atoms with Crippen molar-refractivity contribution in [1.29, 1.82) is 0 Å². The first kappa shape index (κ1) is 15.2. The second kappa shape index (κ2) is 7.51. The molecule has 3 aromatic heterocycles. The summed E-state index contributed by atoms with van der Waals surface area (Å²) in [5.74, 6) is -0.0973. The monoisotopic (exact) mass is 324 g/mol. The molecular weight excluding hydrogens is 308 g/mol. The summed E-state index contributed by atoms with van der Waals surface area (Å²) in [4.78, 5) is 16.8. The van der Waals surface area contributed by atoms with E-state index in [4.69, 9.17) is 0 Å². The summed E-state index contributed by atoms with van der Waals surface area (Å²) < 4.78 is 1.82. The molecular formula is C17H16N4OS. The molecule has 0 aliphatic heterocycles. The highest BCUT2D eigenvalue weighted by Crippen LogP contribution is 2.16. The molecule has 0 spiro atoms. The molecule has 1 amide bonds. The molecule has 23 heavy (non-hydrogen) atoms. The summed E-state index contributed by atoms with van der Waals surface area (Å²) in [6.07, 6.45) is 10.7. The second-order valence-electron chi connectivity index (χ2n) is 4.87. The van der Waals surface area contributed by atoms with Gasteiger partial charge in [0.15, 0.2) is 0 Å². The molecule has 0 radical (unpaired) electrons. The first-order valence-corrected chi connectivity index (χ1v) is 8.11. The Hall–Kier alpha value is -2.73. The van der Waals surface area contributed by atoms with E-state index in [-0.39, 0.29) is 5.91 Å². The van der Waals surface area contributed by atoms with Crippen LogP contribution in [0.4, 0.5) is 0 Å². The summed E-state index contributed by atoms with van der Waals surface area (Å²) in [6, 6.07) is 7.82. The smallest absolute Gasteiger partial charge is 0.244 e. The third-order valence-electron chi connectivity index (χ3n) is 3.23. The van der Waals surface area contributed by atoms with Crippen LogP contribution in [0.5, 0.6) is 0 Å². The fourth-order valence-corrected chi connectivity index (χ4v) is 2.69. The molecule has 0 fully saturated rings. The molecule has 0 saturated carbocycles. The summed E-state index contributed by atoms with van der Waals surface area (Å²) >= 11 is 1.60. The third-order valence-corrected chi connectivity index (χ3v) is 4.07. The van der Waals surface area contributed by atoms with Crippen LogP contribution in [0.1, 0.15) is 4.88 Å². The largest absolute Gasteiger partial charge is 0.351 e. The second-order valence-corrected chi connectivity index (χ2v) is 5.85. The summed E-state index contributed by atoms with van der Waals surface area (Å²) in [6.45, 7) is 1.16. The van der Waals surface area contributed by atoms with Crippen molar-refractivity contribution in [1.82, 2.24) is 20.1 Å². The zero-order chi connectivity index (χ0) is 15.9. The van der Waals surface area contributed by atoms with Gasteiger partial charge in [0.1, 0.15) is 0 Å². The number of amides is 1. The van der Waals surface area contributed by atoms with Crippen molar-refractivity contribution in [3.05, 3.63) is 65.4 Å². The van der Waals surface area contributed by atoms with Crippen LogP contribution < -0.4 is 5.32 Å². The predicted molar refractivity (Wildman–Crippen MR) is 91.8 cm³/mol. The van der Waals surface area contributed by atoms with Crippen LogP contribution in [0.3, 0.4) is 0 Å². The fraction of sp³-hybridized carbons (Fsp3) is 0.118. The first-order valence-electron chi connectivity index (χ1n) is 7.23. The molecule has 0 bridgehead atoms. The van der Waals surface area contributed by atoms with Crippen LogP contribution in [0.25, 0.3) is 17.2 Å². The Morgan fingerprint density at radius 3 is 2.91 bits per heavy atom. The highest BCUT2D eigenvalue weighted by Gasteiger charge is 2.02. The number of hydrogen-bond donors (Lipinski definition) is 1. The maximum absolute atomic E-state index is 11.7. The Morgan fingerprint density at radius 1 is 1.26 bits per heavy atom. The molecule has 1 N–H and O–H groups in total. The van der Waals surface area contributed by atoms with E-state index in [0.717, 1.165) is 16.0 Å². The quantitative estimate of drug-likeness (QED) is 0.709. The zero-order valence-corrected chi connectivity index (χ0v) is 13.2. The Balaban J connectivity index is 1.48. The molecule has 0 atom stereocenters. The van der Waals surface area contributed by atoms with Gasteiger partial charge in [0, 0.05) is 41.7 Å². The van der Waals surface area contributed by atoms with Crippen molar-refractivity contribution in [2.45, 2.75) is 6.54 Å². The number of nitrogens with one attached hydrogen (secondary N) is 1. The minimum atomic E-state index is -0.0973. The Labute approximate surface area is 138 Å². The van der Waals surface area contributed by atoms with Crippen molar-refractivity contribution < 1.29 is 4.79 Å². The van der Waals surface area contributed by atoms with E-state index in [1.807, 2.05) is 52.8 Å². The van der Waals surface area contributed by atoms with Gasteiger partial charge in [-0.2, -0.15) is 5.10 Å². The number of hydrogen-bond acceptors (Lipinski definition) is 4. The van der Waals surface area contributed by atoms with Crippen LogP contribution in [-0.4, -0.2) is 27.2 Å². The first-order chi connectivity index (χ1) is 11.3. The molecule has 5 nitrogen and oxygen atoms in total. The zero-order valence-electron chi connectivity index (χ0n) is 12.4. The molecule has 116 valence electrons. The lowest BCUT2D eigenvalue weighted by atomic mass is 10.1. The van der Waals surface area contributed by atoms with E-state index in [9.17, 15) is 4.79 Å². The van der Waals surface area contributed by atoms with Gasteiger partial charge in [-0.15, -0.1) is 11.3 Å². The maximum atomic E-state index is 11.7. The van der Waals surface area contributed by atoms with Gasteiger partial charge in [0.2, 0.25) is 5.91 Å². The van der Waals surface area contributed by atoms with E-state index < -0.39 is 0 Å². The van der Waals surface area contributed by atoms with E-state index in [0.29, 0.717) is 13.1 Å². The Morgan fingerprint density at radius 2 is 2.13 bits per heavy atom. The number of aromatic nitrogens is 3. The molecule has 3 rings (SSSR count). The van der Waals surface area contributed by atoms with E-state index in [1.54, 1.807) is 29.8 Å². The Bertz CT molecular complexity index is 778. The van der Waals surface area contributed by atoms with Gasteiger partial charge >= 0.3 is 0 Å². The van der Waals surface area contributed by atoms with Crippen LogP contribution in [0, 0.1) is 0 Å². The van der Waals surface area contributed by atoms with Crippen LogP contribution in [0.15, 0.2) is 60.5 Å². The topological polar surface area (TPSA) is 59.8 Å². The molecule has 0 aliphatic rings. The summed E-state index contributed by atoms with van der Waals surface area (Å²) in [5, 5.41) is 9.14. The third kappa shape index (κ3) is 4.37. The molecule has 0 unspecified atom stereocenters. The lowest BCUT2D eigenvalue weighted by molar-refractivity contribution is -0.116. The number of carbonyl (C=O) groups is 1. The standard InChI is InChI=1S/C17H16N4OS/c22-17(4-3-16-2-1-11-23-16)19-9-10-21-13-15(12-20-21)14-5-7-18-8-6-14/h1-8,11-13H,9-10H2,(H,19,22). The predicted octanol–water partition coefficient (Wildman–Crippen LogP) is 2.84. The number of carbonyl (C=O) groups excluding carboxylic acids is 1. The average molecular weight is 324 g/mol. The molecule has 0 saturated heterocycles.